The van der Waals surface area contributed by atoms with Crippen molar-refractivity contribution in [2.45, 2.75) is 26.2 Å². The maximum Gasteiger partial charge on any atom is 0.308 e. The van der Waals surface area contributed by atoms with Gasteiger partial charge in [0, 0.05) is 5.92 Å². The first-order chi connectivity index (χ1) is 5.77. The molecule has 0 aromatic carbocycles. The summed E-state index contributed by atoms with van der Waals surface area (Å²) in [5, 5.41) is 0. The molecule has 0 aromatic rings. The van der Waals surface area contributed by atoms with Gasteiger partial charge in [0.1, 0.15) is 6.29 Å². The second-order valence-electron chi connectivity index (χ2n) is 3.16. The molecule has 0 aliphatic heterocycles. The van der Waals surface area contributed by atoms with Gasteiger partial charge in [-0.1, -0.05) is 0 Å². The van der Waals surface area contributed by atoms with Crippen LogP contribution >= 0.6 is 0 Å². The molecule has 0 bridgehead atoms. The number of ether oxygens (including phenoxy) is 1. The number of hydrogen-bond donors (Lipinski definition) is 0. The quantitative estimate of drug-likeness (QED) is 0.471. The molecule has 0 saturated heterocycles. The molecule has 12 heavy (non-hydrogen) atoms. The van der Waals surface area contributed by atoms with Crippen molar-refractivity contribution in [2.75, 3.05) is 6.61 Å². The van der Waals surface area contributed by atoms with Gasteiger partial charge in [0.05, 0.1) is 12.5 Å². The SMILES string of the molecule is CCOC(=O)[C@@H]1CC[C@H](C=O)C1. The summed E-state index contributed by atoms with van der Waals surface area (Å²) in [7, 11) is 0. The Labute approximate surface area is 72.1 Å². The van der Waals surface area contributed by atoms with Crippen LogP contribution in [-0.4, -0.2) is 18.9 Å². The molecule has 68 valence electrons. The fraction of sp³-hybridized carbons (Fsp3) is 0.778. The van der Waals surface area contributed by atoms with E-state index in [0.29, 0.717) is 13.0 Å². The highest BCUT2D eigenvalue weighted by molar-refractivity contribution is 5.73. The van der Waals surface area contributed by atoms with Gasteiger partial charge in [-0.15, -0.1) is 0 Å². The van der Waals surface area contributed by atoms with Crippen molar-refractivity contribution in [1.82, 2.24) is 0 Å². The summed E-state index contributed by atoms with van der Waals surface area (Å²) in [6.45, 7) is 2.23. The molecule has 1 aliphatic rings. The molecule has 0 amide bonds. The first kappa shape index (κ1) is 9.23. The molecule has 3 heteroatoms. The molecule has 0 radical (unpaired) electrons. The lowest BCUT2D eigenvalue weighted by Gasteiger charge is -2.06. The Balaban J connectivity index is 2.35. The van der Waals surface area contributed by atoms with E-state index in [-0.39, 0.29) is 17.8 Å². The normalized spacial score (nSPS) is 28.4. The molecule has 0 spiro atoms. The van der Waals surface area contributed by atoms with Crippen LogP contribution in [0.3, 0.4) is 0 Å². The lowest BCUT2D eigenvalue weighted by Crippen LogP contribution is -2.15. The number of rotatable bonds is 3. The summed E-state index contributed by atoms with van der Waals surface area (Å²) in [5.41, 5.74) is 0. The average molecular weight is 170 g/mol. The van der Waals surface area contributed by atoms with Gasteiger partial charge in [0.25, 0.3) is 0 Å². The Kier molecular flexibility index (Phi) is 3.26. The zero-order valence-corrected chi connectivity index (χ0v) is 7.29. The fourth-order valence-corrected chi connectivity index (χ4v) is 1.61. The Morgan fingerprint density at radius 1 is 1.58 bits per heavy atom. The Morgan fingerprint density at radius 2 is 2.33 bits per heavy atom. The van der Waals surface area contributed by atoms with Crippen molar-refractivity contribution >= 4 is 12.3 Å². The summed E-state index contributed by atoms with van der Waals surface area (Å²) >= 11 is 0. The van der Waals surface area contributed by atoms with E-state index in [2.05, 4.69) is 0 Å². The number of aldehydes is 1. The van der Waals surface area contributed by atoms with Gasteiger partial charge in [-0.2, -0.15) is 0 Å². The van der Waals surface area contributed by atoms with Crippen molar-refractivity contribution < 1.29 is 14.3 Å². The first-order valence-corrected chi connectivity index (χ1v) is 4.39. The summed E-state index contributed by atoms with van der Waals surface area (Å²) < 4.78 is 4.86. The average Bonchev–Trinajstić information content (AvgIpc) is 2.52. The van der Waals surface area contributed by atoms with Gasteiger partial charge < -0.3 is 9.53 Å². The van der Waals surface area contributed by atoms with Crippen LogP contribution in [0, 0.1) is 11.8 Å². The highest BCUT2D eigenvalue weighted by Gasteiger charge is 2.30. The molecule has 1 saturated carbocycles. The van der Waals surface area contributed by atoms with Crippen LogP contribution in [0.25, 0.3) is 0 Å². The first-order valence-electron chi connectivity index (χ1n) is 4.39. The molecule has 1 fully saturated rings. The second-order valence-corrected chi connectivity index (χ2v) is 3.16. The summed E-state index contributed by atoms with van der Waals surface area (Å²) in [5.74, 6) is -0.0820. The van der Waals surface area contributed by atoms with Gasteiger partial charge in [-0.25, -0.2) is 0 Å². The second kappa shape index (κ2) is 4.24. The van der Waals surface area contributed by atoms with Gasteiger partial charge in [0.2, 0.25) is 0 Å². The van der Waals surface area contributed by atoms with Crippen LogP contribution in [0.15, 0.2) is 0 Å². The van der Waals surface area contributed by atoms with E-state index in [0.717, 1.165) is 19.1 Å². The summed E-state index contributed by atoms with van der Waals surface area (Å²) in [6, 6.07) is 0. The van der Waals surface area contributed by atoms with E-state index in [1.54, 1.807) is 6.92 Å². The van der Waals surface area contributed by atoms with Gasteiger partial charge in [-0.05, 0) is 26.2 Å². The van der Waals surface area contributed by atoms with Crippen LogP contribution in [0.5, 0.6) is 0 Å². The maximum atomic E-state index is 11.2. The van der Waals surface area contributed by atoms with Crippen LogP contribution in [0.2, 0.25) is 0 Å². The van der Waals surface area contributed by atoms with Crippen molar-refractivity contribution in [3.63, 3.8) is 0 Å². The highest BCUT2D eigenvalue weighted by Crippen LogP contribution is 2.30. The molecule has 2 atom stereocenters. The standard InChI is InChI=1S/C9H14O3/c1-2-12-9(11)8-4-3-7(5-8)6-10/h6-8H,2-5H2,1H3/t7-,8+/m0/s1. The maximum absolute atomic E-state index is 11.2. The molecule has 0 aromatic heterocycles. The van der Waals surface area contributed by atoms with Crippen LogP contribution in [0.4, 0.5) is 0 Å². The topological polar surface area (TPSA) is 43.4 Å². The molecule has 0 unspecified atom stereocenters. The van der Waals surface area contributed by atoms with E-state index in [1.165, 1.54) is 0 Å². The molecular weight excluding hydrogens is 156 g/mol. The number of carbonyl (C=O) groups excluding carboxylic acids is 2. The van der Waals surface area contributed by atoms with E-state index >= 15 is 0 Å². The van der Waals surface area contributed by atoms with Crippen LogP contribution < -0.4 is 0 Å². The zero-order valence-electron chi connectivity index (χ0n) is 7.29. The smallest absolute Gasteiger partial charge is 0.308 e. The predicted molar refractivity (Wildman–Crippen MR) is 43.5 cm³/mol. The van der Waals surface area contributed by atoms with Crippen LogP contribution in [-0.2, 0) is 14.3 Å². The van der Waals surface area contributed by atoms with Gasteiger partial charge in [-0.3, -0.25) is 4.79 Å². The third-order valence-corrected chi connectivity index (χ3v) is 2.29. The predicted octanol–water partition coefficient (Wildman–Crippen LogP) is 1.16. The lowest BCUT2D eigenvalue weighted by molar-refractivity contribution is -0.147. The third kappa shape index (κ3) is 2.06. The lowest BCUT2D eigenvalue weighted by atomic mass is 10.1. The largest absolute Gasteiger partial charge is 0.466 e. The Morgan fingerprint density at radius 3 is 2.83 bits per heavy atom. The molecule has 0 heterocycles. The minimum absolute atomic E-state index is 0.0276. The minimum atomic E-state index is -0.137. The van der Waals surface area contributed by atoms with E-state index in [4.69, 9.17) is 4.74 Å². The summed E-state index contributed by atoms with van der Waals surface area (Å²) in [4.78, 5) is 21.5. The van der Waals surface area contributed by atoms with E-state index < -0.39 is 0 Å². The van der Waals surface area contributed by atoms with E-state index in [9.17, 15) is 9.59 Å². The van der Waals surface area contributed by atoms with Crippen LogP contribution in [0.1, 0.15) is 26.2 Å². The Hall–Kier alpha value is -0.860. The Bertz CT molecular complexity index is 177. The minimum Gasteiger partial charge on any atom is -0.466 e. The number of hydrogen-bond acceptors (Lipinski definition) is 3. The fourth-order valence-electron chi connectivity index (χ4n) is 1.61. The van der Waals surface area contributed by atoms with Crippen molar-refractivity contribution in [3.05, 3.63) is 0 Å². The molecule has 1 rings (SSSR count). The van der Waals surface area contributed by atoms with Crippen molar-refractivity contribution in [2.24, 2.45) is 11.8 Å². The highest BCUT2D eigenvalue weighted by atomic mass is 16.5. The van der Waals surface area contributed by atoms with Crippen molar-refractivity contribution in [3.8, 4) is 0 Å². The molecule has 1 aliphatic carbocycles. The molecule has 3 nitrogen and oxygen atoms in total. The number of carbonyl (C=O) groups is 2. The van der Waals surface area contributed by atoms with Crippen molar-refractivity contribution in [1.29, 1.82) is 0 Å². The number of esters is 1. The molecular formula is C9H14O3. The zero-order chi connectivity index (χ0) is 8.97. The molecule has 0 N–H and O–H groups in total. The van der Waals surface area contributed by atoms with Gasteiger partial charge >= 0.3 is 5.97 Å². The van der Waals surface area contributed by atoms with E-state index in [1.807, 2.05) is 0 Å². The third-order valence-electron chi connectivity index (χ3n) is 2.29. The van der Waals surface area contributed by atoms with Gasteiger partial charge in [0.15, 0.2) is 0 Å². The monoisotopic (exact) mass is 170 g/mol. The summed E-state index contributed by atoms with van der Waals surface area (Å²) in [6.07, 6.45) is 3.27.